The molecule has 0 spiro atoms. The minimum absolute atomic E-state index is 0.395. The molecule has 0 amide bonds. The Hall–Kier alpha value is -0.430. The standard InChI is InChI=1S/C15H23BrN2O2S/c1-2-13-12-14(16)6-7-15(13)21(19,20)17-8-11-18-9-4-3-5-10-18/h6-7,12,17H,2-5,8-11H2,1H3. The number of piperidine rings is 1. The molecule has 2 rings (SSSR count). The van der Waals surface area contributed by atoms with Crippen molar-refractivity contribution in [3.63, 3.8) is 0 Å². The molecule has 1 saturated heterocycles. The van der Waals surface area contributed by atoms with E-state index in [9.17, 15) is 8.42 Å². The van der Waals surface area contributed by atoms with Gasteiger partial charge in [-0.2, -0.15) is 0 Å². The molecule has 1 aliphatic heterocycles. The van der Waals surface area contributed by atoms with Gasteiger partial charge in [0.05, 0.1) is 4.90 Å². The van der Waals surface area contributed by atoms with Crippen molar-refractivity contribution >= 4 is 26.0 Å². The molecule has 0 radical (unpaired) electrons. The van der Waals surface area contributed by atoms with Crippen LogP contribution in [-0.4, -0.2) is 39.5 Å². The highest BCUT2D eigenvalue weighted by molar-refractivity contribution is 9.10. The fraction of sp³-hybridized carbons (Fsp3) is 0.600. The van der Waals surface area contributed by atoms with E-state index < -0.39 is 10.0 Å². The lowest BCUT2D eigenvalue weighted by Crippen LogP contribution is -2.37. The van der Waals surface area contributed by atoms with Gasteiger partial charge >= 0.3 is 0 Å². The number of sulfonamides is 1. The van der Waals surface area contributed by atoms with E-state index in [-0.39, 0.29) is 0 Å². The van der Waals surface area contributed by atoms with E-state index in [1.54, 1.807) is 12.1 Å². The summed E-state index contributed by atoms with van der Waals surface area (Å²) in [5.41, 5.74) is 0.842. The van der Waals surface area contributed by atoms with Crippen molar-refractivity contribution in [2.75, 3.05) is 26.2 Å². The molecule has 1 N–H and O–H groups in total. The SMILES string of the molecule is CCc1cc(Br)ccc1S(=O)(=O)NCCN1CCCCC1. The first-order valence-corrected chi connectivity index (χ1v) is 9.81. The predicted molar refractivity (Wildman–Crippen MR) is 89.0 cm³/mol. The minimum Gasteiger partial charge on any atom is -0.302 e. The van der Waals surface area contributed by atoms with E-state index in [1.165, 1.54) is 19.3 Å². The summed E-state index contributed by atoms with van der Waals surface area (Å²) in [6.07, 6.45) is 4.43. The second kappa shape index (κ2) is 7.72. The average Bonchev–Trinajstić information content (AvgIpc) is 2.47. The molecule has 1 fully saturated rings. The van der Waals surface area contributed by atoms with Gasteiger partial charge in [0, 0.05) is 17.6 Å². The largest absolute Gasteiger partial charge is 0.302 e. The Morgan fingerprint density at radius 3 is 2.62 bits per heavy atom. The smallest absolute Gasteiger partial charge is 0.240 e. The molecule has 21 heavy (non-hydrogen) atoms. The van der Waals surface area contributed by atoms with Crippen molar-refractivity contribution in [1.29, 1.82) is 0 Å². The Morgan fingerprint density at radius 2 is 1.95 bits per heavy atom. The van der Waals surface area contributed by atoms with Gasteiger partial charge in [-0.1, -0.05) is 29.3 Å². The van der Waals surface area contributed by atoms with Gasteiger partial charge in [-0.05, 0) is 56.1 Å². The van der Waals surface area contributed by atoms with E-state index >= 15 is 0 Å². The van der Waals surface area contributed by atoms with Gasteiger partial charge in [-0.3, -0.25) is 0 Å². The van der Waals surface area contributed by atoms with Crippen molar-refractivity contribution < 1.29 is 8.42 Å². The molecular weight excluding hydrogens is 352 g/mol. The highest BCUT2D eigenvalue weighted by atomic mass is 79.9. The van der Waals surface area contributed by atoms with Crippen molar-refractivity contribution in [2.45, 2.75) is 37.5 Å². The van der Waals surface area contributed by atoms with Crippen LogP contribution in [0.4, 0.5) is 0 Å². The Kier molecular flexibility index (Phi) is 6.22. The number of hydrogen-bond acceptors (Lipinski definition) is 3. The summed E-state index contributed by atoms with van der Waals surface area (Å²) in [6, 6.07) is 5.32. The summed E-state index contributed by atoms with van der Waals surface area (Å²) in [5.74, 6) is 0. The maximum absolute atomic E-state index is 12.4. The van der Waals surface area contributed by atoms with E-state index in [4.69, 9.17) is 0 Å². The van der Waals surface area contributed by atoms with Crippen LogP contribution in [0.25, 0.3) is 0 Å². The molecule has 6 heteroatoms. The summed E-state index contributed by atoms with van der Waals surface area (Å²) >= 11 is 3.39. The van der Waals surface area contributed by atoms with E-state index in [0.717, 1.165) is 29.7 Å². The van der Waals surface area contributed by atoms with Crippen molar-refractivity contribution in [2.24, 2.45) is 0 Å². The zero-order chi connectivity index (χ0) is 15.3. The monoisotopic (exact) mass is 374 g/mol. The molecule has 1 heterocycles. The van der Waals surface area contributed by atoms with E-state index in [1.807, 2.05) is 13.0 Å². The number of aryl methyl sites for hydroxylation is 1. The molecule has 1 aromatic carbocycles. The van der Waals surface area contributed by atoms with Crippen molar-refractivity contribution in [3.8, 4) is 0 Å². The van der Waals surface area contributed by atoms with Gasteiger partial charge in [-0.25, -0.2) is 13.1 Å². The molecule has 0 atom stereocenters. The maximum atomic E-state index is 12.4. The van der Waals surface area contributed by atoms with Crippen LogP contribution in [0.5, 0.6) is 0 Å². The molecule has 0 aliphatic carbocycles. The quantitative estimate of drug-likeness (QED) is 0.832. The van der Waals surface area contributed by atoms with Crippen LogP contribution in [0.2, 0.25) is 0 Å². The third-order valence-corrected chi connectivity index (χ3v) is 5.92. The predicted octanol–water partition coefficient (Wildman–Crippen LogP) is 2.78. The molecule has 0 unspecified atom stereocenters. The number of benzene rings is 1. The molecule has 118 valence electrons. The Balaban J connectivity index is 1.98. The minimum atomic E-state index is -3.42. The first-order valence-electron chi connectivity index (χ1n) is 7.53. The molecule has 1 aliphatic rings. The zero-order valence-electron chi connectivity index (χ0n) is 12.4. The number of rotatable bonds is 6. The second-order valence-electron chi connectivity index (χ2n) is 5.41. The molecule has 0 saturated carbocycles. The summed E-state index contributed by atoms with van der Waals surface area (Å²) in [4.78, 5) is 2.72. The average molecular weight is 375 g/mol. The molecule has 0 aromatic heterocycles. The summed E-state index contributed by atoms with van der Waals surface area (Å²) in [5, 5.41) is 0. The van der Waals surface area contributed by atoms with Gasteiger partial charge in [-0.15, -0.1) is 0 Å². The zero-order valence-corrected chi connectivity index (χ0v) is 14.8. The lowest BCUT2D eigenvalue weighted by atomic mass is 10.1. The summed E-state index contributed by atoms with van der Waals surface area (Å²) in [6.45, 7) is 5.40. The maximum Gasteiger partial charge on any atom is 0.240 e. The van der Waals surface area contributed by atoms with Gasteiger partial charge in [0.1, 0.15) is 0 Å². The number of nitrogens with zero attached hydrogens (tertiary/aromatic N) is 1. The van der Waals surface area contributed by atoms with E-state index in [2.05, 4.69) is 25.6 Å². The molecule has 4 nitrogen and oxygen atoms in total. The van der Waals surface area contributed by atoms with Crippen LogP contribution in [0, 0.1) is 0 Å². The first kappa shape index (κ1) is 16.9. The number of likely N-dealkylation sites (tertiary alicyclic amines) is 1. The van der Waals surface area contributed by atoms with Gasteiger partial charge in [0.15, 0.2) is 0 Å². The lowest BCUT2D eigenvalue weighted by Gasteiger charge is -2.26. The fourth-order valence-electron chi connectivity index (χ4n) is 2.69. The Bertz CT molecular complexity index is 569. The Morgan fingerprint density at radius 1 is 1.24 bits per heavy atom. The third-order valence-electron chi connectivity index (χ3n) is 3.86. The Labute approximate surface area is 136 Å². The van der Waals surface area contributed by atoms with Gasteiger partial charge in [0.25, 0.3) is 0 Å². The van der Waals surface area contributed by atoms with Crippen LogP contribution < -0.4 is 4.72 Å². The second-order valence-corrected chi connectivity index (χ2v) is 8.06. The van der Waals surface area contributed by atoms with Crippen LogP contribution in [-0.2, 0) is 16.4 Å². The van der Waals surface area contributed by atoms with Gasteiger partial charge in [0.2, 0.25) is 10.0 Å². The normalized spacial score (nSPS) is 17.0. The first-order chi connectivity index (χ1) is 10.0. The number of hydrogen-bond donors (Lipinski definition) is 1. The third kappa shape index (κ3) is 4.77. The fourth-order valence-corrected chi connectivity index (χ4v) is 4.40. The van der Waals surface area contributed by atoms with Crippen LogP contribution in [0.1, 0.15) is 31.7 Å². The highest BCUT2D eigenvalue weighted by Gasteiger charge is 2.18. The van der Waals surface area contributed by atoms with E-state index in [0.29, 0.717) is 17.9 Å². The van der Waals surface area contributed by atoms with Crippen LogP contribution in [0.15, 0.2) is 27.6 Å². The summed E-state index contributed by atoms with van der Waals surface area (Å²) < 4.78 is 28.5. The molecule has 1 aromatic rings. The molecular formula is C15H23BrN2O2S. The molecule has 0 bridgehead atoms. The number of nitrogens with one attached hydrogen (secondary N) is 1. The van der Waals surface area contributed by atoms with Crippen LogP contribution in [0.3, 0.4) is 0 Å². The number of halogens is 1. The van der Waals surface area contributed by atoms with Crippen molar-refractivity contribution in [3.05, 3.63) is 28.2 Å². The van der Waals surface area contributed by atoms with Crippen LogP contribution >= 0.6 is 15.9 Å². The summed E-state index contributed by atoms with van der Waals surface area (Å²) in [7, 11) is -3.42. The van der Waals surface area contributed by atoms with Gasteiger partial charge < -0.3 is 4.90 Å². The highest BCUT2D eigenvalue weighted by Crippen LogP contribution is 2.21. The topological polar surface area (TPSA) is 49.4 Å². The lowest BCUT2D eigenvalue weighted by molar-refractivity contribution is 0.233. The van der Waals surface area contributed by atoms with Crippen molar-refractivity contribution in [1.82, 2.24) is 9.62 Å².